The lowest BCUT2D eigenvalue weighted by Gasteiger charge is -2.21. The molecule has 0 fully saturated rings. The topological polar surface area (TPSA) is 66.9 Å². The lowest BCUT2D eigenvalue weighted by molar-refractivity contribution is -0.115. The van der Waals surface area contributed by atoms with Crippen molar-refractivity contribution in [2.75, 3.05) is 18.9 Å². The molecule has 6 heteroatoms. The first-order chi connectivity index (χ1) is 9.54. The largest absolute Gasteiger partial charge is 0.311 e. The summed E-state index contributed by atoms with van der Waals surface area (Å²) in [6.45, 7) is 4.46. The zero-order valence-electron chi connectivity index (χ0n) is 11.8. The van der Waals surface area contributed by atoms with Crippen LogP contribution < -0.4 is 10.6 Å². The van der Waals surface area contributed by atoms with Crippen LogP contribution in [-0.4, -0.2) is 29.7 Å². The van der Waals surface area contributed by atoms with Crippen LogP contribution in [0.15, 0.2) is 30.3 Å². The van der Waals surface area contributed by atoms with Crippen LogP contribution in [0.4, 0.5) is 5.13 Å². The van der Waals surface area contributed by atoms with Gasteiger partial charge in [0, 0.05) is 5.41 Å². The van der Waals surface area contributed by atoms with E-state index in [9.17, 15) is 4.79 Å². The molecule has 0 aliphatic carbocycles. The predicted molar refractivity (Wildman–Crippen MR) is 81.0 cm³/mol. The number of nitrogens with zero attached hydrogens (tertiary/aromatic N) is 2. The van der Waals surface area contributed by atoms with Crippen molar-refractivity contribution in [1.29, 1.82) is 0 Å². The van der Waals surface area contributed by atoms with E-state index in [1.54, 1.807) is 7.05 Å². The number of benzene rings is 1. The Morgan fingerprint density at radius 3 is 2.60 bits per heavy atom. The summed E-state index contributed by atoms with van der Waals surface area (Å²) in [5, 5.41) is 15.2. The first-order valence-corrected chi connectivity index (χ1v) is 7.19. The average Bonchev–Trinajstić information content (AvgIpc) is 2.89. The van der Waals surface area contributed by atoms with Gasteiger partial charge in [-0.3, -0.25) is 10.1 Å². The van der Waals surface area contributed by atoms with Crippen molar-refractivity contribution >= 4 is 22.4 Å². The van der Waals surface area contributed by atoms with Crippen molar-refractivity contribution in [2.45, 2.75) is 19.3 Å². The van der Waals surface area contributed by atoms with E-state index in [-0.39, 0.29) is 17.9 Å². The van der Waals surface area contributed by atoms with Crippen molar-refractivity contribution in [3.8, 4) is 0 Å². The Bertz CT molecular complexity index is 580. The second kappa shape index (κ2) is 6.11. The first kappa shape index (κ1) is 14.6. The molecule has 1 amide bonds. The van der Waals surface area contributed by atoms with E-state index in [1.807, 2.05) is 18.2 Å². The van der Waals surface area contributed by atoms with Gasteiger partial charge in [0.25, 0.3) is 0 Å². The molecule has 20 heavy (non-hydrogen) atoms. The van der Waals surface area contributed by atoms with Crippen LogP contribution in [0.2, 0.25) is 0 Å². The Kier molecular flexibility index (Phi) is 4.46. The molecule has 0 saturated heterocycles. The predicted octanol–water partition coefficient (Wildman–Crippen LogP) is 2.02. The third-order valence-corrected chi connectivity index (χ3v) is 4.20. The lowest BCUT2D eigenvalue weighted by atomic mass is 9.85. The molecule has 0 radical (unpaired) electrons. The Labute approximate surface area is 122 Å². The first-order valence-electron chi connectivity index (χ1n) is 6.38. The van der Waals surface area contributed by atoms with E-state index in [1.165, 1.54) is 16.9 Å². The molecule has 0 aliphatic heterocycles. The van der Waals surface area contributed by atoms with Gasteiger partial charge < -0.3 is 5.32 Å². The zero-order valence-corrected chi connectivity index (χ0v) is 12.6. The summed E-state index contributed by atoms with van der Waals surface area (Å²) in [5.74, 6) is -0.118. The van der Waals surface area contributed by atoms with Crippen molar-refractivity contribution < 1.29 is 4.79 Å². The maximum atomic E-state index is 11.5. The second-order valence-corrected chi connectivity index (χ2v) is 5.96. The van der Waals surface area contributed by atoms with Gasteiger partial charge in [-0.05, 0) is 26.5 Å². The van der Waals surface area contributed by atoms with Gasteiger partial charge in [0.15, 0.2) is 0 Å². The molecule has 2 aromatic rings. The third kappa shape index (κ3) is 3.20. The van der Waals surface area contributed by atoms with Crippen molar-refractivity contribution in [3.05, 3.63) is 40.9 Å². The number of hydrogen-bond donors (Lipinski definition) is 2. The van der Waals surface area contributed by atoms with Gasteiger partial charge in [-0.25, -0.2) is 0 Å². The SMILES string of the molecule is CNCC(=O)Nc1nnc(C(C)(C)c2ccccc2)s1. The van der Waals surface area contributed by atoms with Crippen LogP contribution in [0.5, 0.6) is 0 Å². The van der Waals surface area contributed by atoms with Crippen LogP contribution in [0, 0.1) is 0 Å². The molecule has 1 aromatic carbocycles. The molecule has 0 unspecified atom stereocenters. The van der Waals surface area contributed by atoms with E-state index in [0.717, 1.165) is 5.01 Å². The highest BCUT2D eigenvalue weighted by atomic mass is 32.1. The molecule has 0 aliphatic rings. The summed E-state index contributed by atoms with van der Waals surface area (Å²) in [5.41, 5.74) is 0.939. The van der Waals surface area contributed by atoms with Gasteiger partial charge in [-0.15, -0.1) is 10.2 Å². The highest BCUT2D eigenvalue weighted by Gasteiger charge is 2.27. The van der Waals surface area contributed by atoms with E-state index >= 15 is 0 Å². The molecule has 2 N–H and O–H groups in total. The molecule has 5 nitrogen and oxygen atoms in total. The molecule has 0 atom stereocenters. The van der Waals surface area contributed by atoms with Gasteiger partial charge in [0.05, 0.1) is 6.54 Å². The van der Waals surface area contributed by atoms with Crippen LogP contribution in [0.1, 0.15) is 24.4 Å². The molecule has 2 rings (SSSR count). The fourth-order valence-corrected chi connectivity index (χ4v) is 2.71. The summed E-state index contributed by atoms with van der Waals surface area (Å²) < 4.78 is 0. The lowest BCUT2D eigenvalue weighted by Crippen LogP contribution is -2.24. The second-order valence-electron chi connectivity index (χ2n) is 4.98. The molecular formula is C14H18N4OS. The molecule has 0 spiro atoms. The number of rotatable bonds is 5. The summed E-state index contributed by atoms with van der Waals surface area (Å²) in [6, 6.07) is 10.1. The van der Waals surface area contributed by atoms with E-state index in [4.69, 9.17) is 0 Å². The molecule has 106 valence electrons. The van der Waals surface area contributed by atoms with Crippen LogP contribution >= 0.6 is 11.3 Å². The maximum Gasteiger partial charge on any atom is 0.240 e. The Hall–Kier alpha value is -1.79. The van der Waals surface area contributed by atoms with Gasteiger partial charge in [-0.2, -0.15) is 0 Å². The molecule has 0 bridgehead atoms. The number of aromatic nitrogens is 2. The molecular weight excluding hydrogens is 272 g/mol. The minimum absolute atomic E-state index is 0.118. The standard InChI is InChI=1S/C14H18N4OS/c1-14(2,10-7-5-4-6-8-10)12-17-18-13(20-12)16-11(19)9-15-3/h4-8,15H,9H2,1-3H3,(H,16,18,19). The minimum Gasteiger partial charge on any atom is -0.311 e. The van der Waals surface area contributed by atoms with E-state index in [0.29, 0.717) is 5.13 Å². The quantitative estimate of drug-likeness (QED) is 0.884. The Morgan fingerprint density at radius 1 is 1.25 bits per heavy atom. The third-order valence-electron chi connectivity index (χ3n) is 3.04. The fraction of sp³-hybridized carbons (Fsp3) is 0.357. The number of carbonyl (C=O) groups is 1. The van der Waals surface area contributed by atoms with Crippen molar-refractivity contribution in [3.63, 3.8) is 0 Å². The Balaban J connectivity index is 2.18. The summed E-state index contributed by atoms with van der Waals surface area (Å²) in [4.78, 5) is 11.5. The zero-order chi connectivity index (χ0) is 14.6. The van der Waals surface area contributed by atoms with Crippen LogP contribution in [0.25, 0.3) is 0 Å². The van der Waals surface area contributed by atoms with Crippen LogP contribution in [-0.2, 0) is 10.2 Å². The molecule has 0 saturated carbocycles. The normalized spacial score (nSPS) is 11.3. The van der Waals surface area contributed by atoms with Gasteiger partial charge in [0.2, 0.25) is 11.0 Å². The Morgan fingerprint density at radius 2 is 1.95 bits per heavy atom. The van der Waals surface area contributed by atoms with Gasteiger partial charge in [0.1, 0.15) is 5.01 Å². The summed E-state index contributed by atoms with van der Waals surface area (Å²) >= 11 is 1.41. The van der Waals surface area contributed by atoms with E-state index in [2.05, 4.69) is 46.8 Å². The number of nitrogens with one attached hydrogen (secondary N) is 2. The average molecular weight is 290 g/mol. The number of amides is 1. The van der Waals surface area contributed by atoms with Gasteiger partial charge in [-0.1, -0.05) is 41.7 Å². The highest BCUT2D eigenvalue weighted by Crippen LogP contribution is 2.34. The monoisotopic (exact) mass is 290 g/mol. The smallest absolute Gasteiger partial charge is 0.240 e. The number of anilines is 1. The number of hydrogen-bond acceptors (Lipinski definition) is 5. The highest BCUT2D eigenvalue weighted by molar-refractivity contribution is 7.15. The summed E-state index contributed by atoms with van der Waals surface area (Å²) in [6.07, 6.45) is 0. The summed E-state index contributed by atoms with van der Waals surface area (Å²) in [7, 11) is 1.73. The maximum absolute atomic E-state index is 11.5. The molecule has 1 heterocycles. The fourth-order valence-electron chi connectivity index (χ4n) is 1.83. The minimum atomic E-state index is -0.231. The van der Waals surface area contributed by atoms with Gasteiger partial charge >= 0.3 is 0 Å². The van der Waals surface area contributed by atoms with E-state index < -0.39 is 0 Å². The van der Waals surface area contributed by atoms with Crippen molar-refractivity contribution in [1.82, 2.24) is 15.5 Å². The molecule has 1 aromatic heterocycles. The number of likely N-dealkylation sites (N-methyl/N-ethyl adjacent to an activating group) is 1. The van der Waals surface area contributed by atoms with Crippen molar-refractivity contribution in [2.24, 2.45) is 0 Å². The number of carbonyl (C=O) groups excluding carboxylic acids is 1. The van der Waals surface area contributed by atoms with Crippen LogP contribution in [0.3, 0.4) is 0 Å².